The van der Waals surface area contributed by atoms with E-state index >= 15 is 0 Å². The Morgan fingerprint density at radius 1 is 1.11 bits per heavy atom. The Balaban J connectivity index is 1.90. The van der Waals surface area contributed by atoms with Crippen LogP contribution in [0.25, 0.3) is 0 Å². The van der Waals surface area contributed by atoms with Crippen molar-refractivity contribution in [2.24, 2.45) is 0 Å². The van der Waals surface area contributed by atoms with Crippen molar-refractivity contribution >= 4 is 29.1 Å². The summed E-state index contributed by atoms with van der Waals surface area (Å²) < 4.78 is 10.7. The fourth-order valence-electron chi connectivity index (χ4n) is 2.02. The van der Waals surface area contributed by atoms with Gasteiger partial charge in [0.2, 0.25) is 0 Å². The molecule has 2 amide bonds. The first kappa shape index (κ1) is 20.0. The molecule has 0 aliphatic heterocycles. The topological polar surface area (TPSA) is 120 Å². The van der Waals surface area contributed by atoms with Gasteiger partial charge in [0.25, 0.3) is 17.5 Å². The predicted octanol–water partition coefficient (Wildman–Crippen LogP) is 2.49. The zero-order valence-corrected chi connectivity index (χ0v) is 15.0. The number of nitro benzene ring substituents is 1. The van der Waals surface area contributed by atoms with Crippen LogP contribution in [0, 0.1) is 10.1 Å². The molecule has 0 heterocycles. The normalized spacial score (nSPS) is 10.0. The number of hydrogen-bond acceptors (Lipinski definition) is 6. The van der Waals surface area contributed by atoms with Crippen molar-refractivity contribution < 1.29 is 24.0 Å². The van der Waals surface area contributed by atoms with Crippen LogP contribution < -0.4 is 20.3 Å². The van der Waals surface area contributed by atoms with Crippen LogP contribution in [-0.4, -0.2) is 30.0 Å². The Morgan fingerprint density at radius 2 is 1.78 bits per heavy atom. The van der Waals surface area contributed by atoms with Gasteiger partial charge in [0, 0.05) is 11.6 Å². The number of para-hydroxylation sites is 2. The van der Waals surface area contributed by atoms with Gasteiger partial charge in [-0.25, -0.2) is 0 Å². The number of nitrogens with one attached hydrogen (secondary N) is 2. The zero-order valence-electron chi connectivity index (χ0n) is 14.2. The highest BCUT2D eigenvalue weighted by Crippen LogP contribution is 2.26. The second kappa shape index (κ2) is 9.39. The summed E-state index contributed by atoms with van der Waals surface area (Å²) in [6.45, 7) is 1.89. The van der Waals surface area contributed by atoms with Crippen molar-refractivity contribution in [3.63, 3.8) is 0 Å². The van der Waals surface area contributed by atoms with E-state index in [0.717, 1.165) is 6.07 Å². The van der Waals surface area contributed by atoms with Crippen LogP contribution in [0.1, 0.15) is 17.3 Å². The molecule has 0 fully saturated rings. The average molecular weight is 394 g/mol. The fourth-order valence-corrected chi connectivity index (χ4v) is 2.20. The monoisotopic (exact) mass is 393 g/mol. The Bertz CT molecular complexity index is 858. The van der Waals surface area contributed by atoms with E-state index in [-0.39, 0.29) is 17.2 Å². The Labute approximate surface area is 159 Å². The quantitative estimate of drug-likeness (QED) is 0.550. The van der Waals surface area contributed by atoms with Crippen LogP contribution in [0.15, 0.2) is 42.5 Å². The first-order valence-electron chi connectivity index (χ1n) is 7.80. The van der Waals surface area contributed by atoms with E-state index < -0.39 is 22.4 Å². The molecule has 0 spiro atoms. The van der Waals surface area contributed by atoms with Gasteiger partial charge in [-0.3, -0.25) is 30.6 Å². The van der Waals surface area contributed by atoms with Gasteiger partial charge >= 0.3 is 0 Å². The predicted molar refractivity (Wildman–Crippen MR) is 96.8 cm³/mol. The van der Waals surface area contributed by atoms with Crippen molar-refractivity contribution in [3.05, 3.63) is 63.2 Å². The number of rotatable bonds is 7. The molecule has 0 saturated heterocycles. The van der Waals surface area contributed by atoms with E-state index in [1.165, 1.54) is 12.1 Å². The lowest BCUT2D eigenvalue weighted by atomic mass is 10.2. The maximum absolute atomic E-state index is 12.0. The Hall–Kier alpha value is -3.33. The van der Waals surface area contributed by atoms with Crippen molar-refractivity contribution in [2.75, 3.05) is 13.2 Å². The molecule has 0 atom stereocenters. The number of hydrogen-bond donors (Lipinski definition) is 2. The summed E-state index contributed by atoms with van der Waals surface area (Å²) in [4.78, 5) is 34.0. The minimum Gasteiger partial charge on any atom is -0.490 e. The van der Waals surface area contributed by atoms with E-state index in [1.54, 1.807) is 24.3 Å². The van der Waals surface area contributed by atoms with E-state index in [4.69, 9.17) is 21.1 Å². The summed E-state index contributed by atoms with van der Waals surface area (Å²) in [5.74, 6) is -0.490. The number of ether oxygens (including phenoxy) is 2. The van der Waals surface area contributed by atoms with Crippen molar-refractivity contribution in [1.82, 2.24) is 10.9 Å². The van der Waals surface area contributed by atoms with Gasteiger partial charge in [-0.15, -0.1) is 0 Å². The lowest BCUT2D eigenvalue weighted by molar-refractivity contribution is -0.384. The largest absolute Gasteiger partial charge is 0.490 e. The lowest BCUT2D eigenvalue weighted by Crippen LogP contribution is -2.43. The van der Waals surface area contributed by atoms with Crippen LogP contribution in [0.4, 0.5) is 5.69 Å². The number of carbonyl (C=O) groups is 2. The number of nitrogens with zero attached hydrogens (tertiary/aromatic N) is 1. The highest BCUT2D eigenvalue weighted by atomic mass is 35.5. The summed E-state index contributed by atoms with van der Waals surface area (Å²) in [6, 6.07) is 10.4. The molecule has 0 saturated carbocycles. The first-order chi connectivity index (χ1) is 12.9. The van der Waals surface area contributed by atoms with Gasteiger partial charge in [0.1, 0.15) is 5.02 Å². The summed E-state index contributed by atoms with van der Waals surface area (Å²) in [5.41, 5.74) is 3.86. The fraction of sp³-hybridized carbons (Fsp3) is 0.176. The van der Waals surface area contributed by atoms with Crippen LogP contribution in [0.3, 0.4) is 0 Å². The molecule has 0 aromatic heterocycles. The van der Waals surface area contributed by atoms with E-state index in [9.17, 15) is 19.7 Å². The second-order valence-electron chi connectivity index (χ2n) is 5.09. The first-order valence-corrected chi connectivity index (χ1v) is 8.18. The van der Waals surface area contributed by atoms with E-state index in [2.05, 4.69) is 10.9 Å². The maximum atomic E-state index is 12.0. The summed E-state index contributed by atoms with van der Waals surface area (Å²) in [7, 11) is 0. The second-order valence-corrected chi connectivity index (χ2v) is 5.50. The van der Waals surface area contributed by atoms with Crippen LogP contribution >= 0.6 is 11.6 Å². The highest BCUT2D eigenvalue weighted by molar-refractivity contribution is 6.32. The van der Waals surface area contributed by atoms with Crippen molar-refractivity contribution in [3.8, 4) is 11.5 Å². The molecule has 10 heteroatoms. The minimum atomic E-state index is -0.738. The molecule has 2 aromatic rings. The molecule has 0 bridgehead atoms. The standard InChI is InChI=1S/C17H16ClN3O6/c1-2-26-14-5-3-4-6-15(14)27-10-16(22)19-20-17(23)11-7-8-12(18)13(9-11)21(24)25/h3-9H,2,10H2,1H3,(H,19,22)(H,20,23). The molecule has 0 aliphatic rings. The van der Waals surface area contributed by atoms with Crippen LogP contribution in [0.2, 0.25) is 5.02 Å². The molecule has 9 nitrogen and oxygen atoms in total. The summed E-state index contributed by atoms with van der Waals surface area (Å²) in [5, 5.41) is 10.8. The molecular formula is C17H16ClN3O6. The van der Waals surface area contributed by atoms with Gasteiger partial charge in [0.15, 0.2) is 18.1 Å². The van der Waals surface area contributed by atoms with Gasteiger partial charge in [-0.2, -0.15) is 0 Å². The van der Waals surface area contributed by atoms with E-state index in [1.807, 2.05) is 6.92 Å². The number of halogens is 1. The number of benzene rings is 2. The van der Waals surface area contributed by atoms with Gasteiger partial charge in [-0.05, 0) is 31.2 Å². The maximum Gasteiger partial charge on any atom is 0.288 e. The highest BCUT2D eigenvalue weighted by Gasteiger charge is 2.16. The van der Waals surface area contributed by atoms with Crippen LogP contribution in [0.5, 0.6) is 11.5 Å². The van der Waals surface area contributed by atoms with Crippen LogP contribution in [-0.2, 0) is 4.79 Å². The average Bonchev–Trinajstić information content (AvgIpc) is 2.65. The zero-order chi connectivity index (χ0) is 19.8. The smallest absolute Gasteiger partial charge is 0.288 e. The third-order valence-electron chi connectivity index (χ3n) is 3.23. The minimum absolute atomic E-state index is 0.0333. The molecule has 0 aliphatic carbocycles. The molecule has 2 rings (SSSR count). The lowest BCUT2D eigenvalue weighted by Gasteiger charge is -2.12. The number of nitro groups is 1. The van der Waals surface area contributed by atoms with Crippen molar-refractivity contribution in [2.45, 2.75) is 6.92 Å². The van der Waals surface area contributed by atoms with Gasteiger partial charge in [0.05, 0.1) is 11.5 Å². The number of amides is 2. The van der Waals surface area contributed by atoms with E-state index in [0.29, 0.717) is 18.1 Å². The molecule has 0 unspecified atom stereocenters. The van der Waals surface area contributed by atoms with Crippen molar-refractivity contribution in [1.29, 1.82) is 0 Å². The summed E-state index contributed by atoms with van der Waals surface area (Å²) in [6.07, 6.45) is 0. The SMILES string of the molecule is CCOc1ccccc1OCC(=O)NNC(=O)c1ccc(Cl)c([N+](=O)[O-])c1. The van der Waals surface area contributed by atoms with Gasteiger partial charge < -0.3 is 9.47 Å². The molecule has 2 N–H and O–H groups in total. The molecule has 0 radical (unpaired) electrons. The molecular weight excluding hydrogens is 378 g/mol. The number of carbonyl (C=O) groups excluding carboxylic acids is 2. The Kier molecular flexibility index (Phi) is 6.95. The number of hydrazine groups is 1. The molecule has 142 valence electrons. The Morgan fingerprint density at radius 3 is 2.41 bits per heavy atom. The van der Waals surface area contributed by atoms with Gasteiger partial charge in [-0.1, -0.05) is 23.7 Å². The third-order valence-corrected chi connectivity index (χ3v) is 3.55. The summed E-state index contributed by atoms with van der Waals surface area (Å²) >= 11 is 5.69. The third kappa shape index (κ3) is 5.58. The molecule has 2 aromatic carbocycles. The molecule has 27 heavy (non-hydrogen) atoms.